The number of carboxylic acids is 1. The van der Waals surface area contributed by atoms with Crippen LogP contribution in [0.25, 0.3) is 0 Å². The zero-order valence-electron chi connectivity index (χ0n) is 7.73. The van der Waals surface area contributed by atoms with Crippen LogP contribution in [0.15, 0.2) is 36.9 Å². The van der Waals surface area contributed by atoms with Crippen molar-refractivity contribution in [2.24, 2.45) is 0 Å². The molecule has 69 valence electrons. The van der Waals surface area contributed by atoms with Crippen LogP contribution in [0, 0.1) is 0 Å². The third-order valence-electron chi connectivity index (χ3n) is 1.61. The molecular weight excluding hydrogens is 270 g/mol. The number of carbonyl (C=O) groups is 1. The molecule has 1 rings (SSSR count). The fraction of sp³-hybridized carbons (Fsp3) is 0.100. The minimum Gasteiger partial charge on any atom is -0.478 e. The molecule has 0 aliphatic carbocycles. The zero-order valence-corrected chi connectivity index (χ0v) is 11.3. The summed E-state index contributed by atoms with van der Waals surface area (Å²) in [7, 11) is 0. The summed E-state index contributed by atoms with van der Waals surface area (Å²) >= 11 is 0. The van der Waals surface area contributed by atoms with Gasteiger partial charge >= 0.3 is 5.97 Å². The first kappa shape index (κ1) is 16.3. The number of hydrogen-bond donors (Lipinski definition) is 1. The zero-order chi connectivity index (χ0) is 8.97. The summed E-state index contributed by atoms with van der Waals surface area (Å²) in [5, 5.41) is 8.76. The van der Waals surface area contributed by atoms with Crippen LogP contribution in [0.5, 0.6) is 0 Å². The molecule has 0 unspecified atom stereocenters. The van der Waals surface area contributed by atoms with Crippen LogP contribution < -0.4 is 0 Å². The van der Waals surface area contributed by atoms with Gasteiger partial charge in [0.15, 0.2) is 0 Å². The van der Waals surface area contributed by atoms with E-state index in [9.17, 15) is 4.79 Å². The Bertz CT molecular complexity index is 313. The minimum absolute atomic E-state index is 0. The molecule has 0 heterocycles. The second-order valence-corrected chi connectivity index (χ2v) is 2.46. The fourth-order valence-corrected chi connectivity index (χ4v) is 1.06. The maximum Gasteiger partial charge on any atom is 0.335 e. The van der Waals surface area contributed by atoms with Crippen molar-refractivity contribution in [1.82, 2.24) is 0 Å². The van der Waals surface area contributed by atoms with Crippen LogP contribution in [-0.2, 0) is 32.6 Å². The Morgan fingerprint density at radius 3 is 2.50 bits per heavy atom. The van der Waals surface area contributed by atoms with Crippen LogP contribution in [-0.4, -0.2) is 28.4 Å². The Balaban J connectivity index is 0. The average molecular weight is 280 g/mol. The first-order valence-corrected chi connectivity index (χ1v) is 3.68. The predicted octanol–water partition coefficient (Wildman–Crippen LogP) is 1.73. The summed E-state index contributed by atoms with van der Waals surface area (Å²) in [5.74, 6) is -0.882. The van der Waals surface area contributed by atoms with Crippen molar-refractivity contribution in [2.75, 3.05) is 0 Å². The van der Waals surface area contributed by atoms with Crippen molar-refractivity contribution in [3.8, 4) is 0 Å². The van der Waals surface area contributed by atoms with Crippen molar-refractivity contribution in [1.29, 1.82) is 0 Å². The first-order valence-electron chi connectivity index (χ1n) is 3.68. The molecule has 0 aromatic heterocycles. The molecule has 0 amide bonds. The van der Waals surface area contributed by atoms with E-state index >= 15 is 0 Å². The molecule has 0 saturated carbocycles. The second kappa shape index (κ2) is 8.18. The molecular formula is C10H10AlO2Zr. The molecule has 0 aliphatic rings. The maximum atomic E-state index is 10.7. The molecule has 0 spiro atoms. The molecule has 1 aromatic carbocycles. The van der Waals surface area contributed by atoms with Crippen molar-refractivity contribution in [3.05, 3.63) is 48.0 Å². The Morgan fingerprint density at radius 1 is 1.43 bits per heavy atom. The van der Waals surface area contributed by atoms with Gasteiger partial charge < -0.3 is 5.11 Å². The van der Waals surface area contributed by atoms with Crippen molar-refractivity contribution in [2.45, 2.75) is 6.42 Å². The van der Waals surface area contributed by atoms with E-state index in [4.69, 9.17) is 5.11 Å². The SMILES string of the molecule is C=CCc1ccccc1C(=O)O.[Al].[Zr]. The smallest absolute Gasteiger partial charge is 0.335 e. The van der Waals surface area contributed by atoms with Gasteiger partial charge in [0.05, 0.1) is 5.56 Å². The molecule has 4 heteroatoms. The number of hydrogen-bond acceptors (Lipinski definition) is 1. The van der Waals surface area contributed by atoms with E-state index in [2.05, 4.69) is 6.58 Å². The number of benzene rings is 1. The third kappa shape index (κ3) is 4.38. The van der Waals surface area contributed by atoms with E-state index in [1.165, 1.54) is 0 Å². The van der Waals surface area contributed by atoms with E-state index in [1.807, 2.05) is 6.07 Å². The van der Waals surface area contributed by atoms with Gasteiger partial charge in [-0.1, -0.05) is 24.3 Å². The van der Waals surface area contributed by atoms with Gasteiger partial charge in [0.25, 0.3) is 0 Å². The Morgan fingerprint density at radius 2 is 2.00 bits per heavy atom. The Kier molecular flexibility index (Phi) is 9.51. The standard InChI is InChI=1S/C10H10O2.Al.Zr/c1-2-5-8-6-3-4-7-9(8)10(11)12;;/h2-4,6-7H,1,5H2,(H,11,12);;. The Labute approximate surface area is 113 Å². The van der Waals surface area contributed by atoms with Gasteiger partial charge in [0, 0.05) is 43.6 Å². The van der Waals surface area contributed by atoms with E-state index in [0.29, 0.717) is 12.0 Å². The van der Waals surface area contributed by atoms with Crippen LogP contribution >= 0.6 is 0 Å². The summed E-state index contributed by atoms with van der Waals surface area (Å²) in [5.41, 5.74) is 1.16. The fourth-order valence-electron chi connectivity index (χ4n) is 1.06. The molecule has 1 N–H and O–H groups in total. The number of aromatic carboxylic acids is 1. The van der Waals surface area contributed by atoms with Gasteiger partial charge in [-0.15, -0.1) is 6.58 Å². The molecule has 0 saturated heterocycles. The molecule has 3 radical (unpaired) electrons. The van der Waals surface area contributed by atoms with E-state index < -0.39 is 5.97 Å². The van der Waals surface area contributed by atoms with Crippen molar-refractivity contribution >= 4 is 23.3 Å². The van der Waals surface area contributed by atoms with Gasteiger partial charge in [-0.2, -0.15) is 0 Å². The number of allylic oxidation sites excluding steroid dienone is 1. The largest absolute Gasteiger partial charge is 0.478 e. The summed E-state index contributed by atoms with van der Waals surface area (Å²) < 4.78 is 0. The number of rotatable bonds is 3. The average Bonchev–Trinajstić information content (AvgIpc) is 2.05. The normalized spacial score (nSPS) is 8.00. The Hall–Kier alpha value is -0.154. The number of carboxylic acid groups (broad SMARTS) is 1. The molecule has 2 nitrogen and oxygen atoms in total. The van der Waals surface area contributed by atoms with Crippen molar-refractivity contribution < 1.29 is 36.1 Å². The topological polar surface area (TPSA) is 37.3 Å². The third-order valence-corrected chi connectivity index (χ3v) is 1.61. The summed E-state index contributed by atoms with van der Waals surface area (Å²) in [4.78, 5) is 10.7. The van der Waals surface area contributed by atoms with Gasteiger partial charge in [0.1, 0.15) is 0 Å². The van der Waals surface area contributed by atoms with Crippen LogP contribution in [0.2, 0.25) is 0 Å². The van der Waals surface area contributed by atoms with Gasteiger partial charge in [0.2, 0.25) is 0 Å². The van der Waals surface area contributed by atoms with Crippen LogP contribution in [0.4, 0.5) is 0 Å². The maximum absolute atomic E-state index is 10.7. The summed E-state index contributed by atoms with van der Waals surface area (Å²) in [6, 6.07) is 6.94. The van der Waals surface area contributed by atoms with E-state index in [1.54, 1.807) is 24.3 Å². The quantitative estimate of drug-likeness (QED) is 0.676. The van der Waals surface area contributed by atoms with Gasteiger partial charge in [-0.25, -0.2) is 4.79 Å². The molecule has 14 heavy (non-hydrogen) atoms. The summed E-state index contributed by atoms with van der Waals surface area (Å²) in [6.07, 6.45) is 2.30. The monoisotopic (exact) mass is 279 g/mol. The molecule has 0 atom stereocenters. The predicted molar refractivity (Wildman–Crippen MR) is 53.1 cm³/mol. The van der Waals surface area contributed by atoms with Gasteiger partial charge in [-0.3, -0.25) is 0 Å². The molecule has 0 bridgehead atoms. The summed E-state index contributed by atoms with van der Waals surface area (Å²) in [6.45, 7) is 3.56. The van der Waals surface area contributed by atoms with Gasteiger partial charge in [-0.05, 0) is 18.1 Å². The van der Waals surface area contributed by atoms with Crippen LogP contribution in [0.1, 0.15) is 15.9 Å². The molecule has 0 aliphatic heterocycles. The minimum atomic E-state index is -0.882. The second-order valence-electron chi connectivity index (χ2n) is 2.46. The van der Waals surface area contributed by atoms with Crippen LogP contribution in [0.3, 0.4) is 0 Å². The molecule has 1 aromatic rings. The first-order chi connectivity index (χ1) is 5.75. The molecule has 0 fully saturated rings. The van der Waals surface area contributed by atoms with E-state index in [0.717, 1.165) is 5.56 Å². The van der Waals surface area contributed by atoms with Crippen molar-refractivity contribution in [3.63, 3.8) is 0 Å². The van der Waals surface area contributed by atoms with E-state index in [-0.39, 0.29) is 43.6 Å².